The summed E-state index contributed by atoms with van der Waals surface area (Å²) in [7, 11) is 0. The molecule has 0 aromatic heterocycles. The Kier molecular flexibility index (Phi) is 12.3. The summed E-state index contributed by atoms with van der Waals surface area (Å²) in [6, 6.07) is 0. The van der Waals surface area contributed by atoms with E-state index < -0.39 is 0 Å². The molecule has 132 valence electrons. The molecule has 5 nitrogen and oxygen atoms in total. The summed E-state index contributed by atoms with van der Waals surface area (Å²) in [4.78, 5) is 9.52. The van der Waals surface area contributed by atoms with Crippen molar-refractivity contribution in [3.05, 3.63) is 0 Å². The third-order valence-electron chi connectivity index (χ3n) is 4.08. The molecule has 0 spiro atoms. The lowest BCUT2D eigenvalue weighted by atomic mass is 10.1. The number of hydrogen-bond acceptors (Lipinski definition) is 3. The maximum Gasteiger partial charge on any atom is 0.188 e. The highest BCUT2D eigenvalue weighted by atomic mass is 127. The zero-order valence-electron chi connectivity index (χ0n) is 14.8. The van der Waals surface area contributed by atoms with E-state index in [9.17, 15) is 0 Å². The minimum Gasteiger partial charge on any atom is -0.370 e. The zero-order chi connectivity index (χ0) is 15.7. The number of guanidine groups is 1. The van der Waals surface area contributed by atoms with Crippen LogP contribution in [0.2, 0.25) is 0 Å². The molecule has 0 aliphatic carbocycles. The standard InChI is InChI=1S/C16H35N5.HI/c1-5-20-8-10-21(11-9-20)13-15(4)12-19-16(17)18-7-6-14(2)3;/h14-15H,5-13H2,1-4H3,(H3,17,18,19);1H. The van der Waals surface area contributed by atoms with E-state index in [0.29, 0.717) is 17.8 Å². The van der Waals surface area contributed by atoms with E-state index in [2.05, 4.69) is 47.8 Å². The zero-order valence-corrected chi connectivity index (χ0v) is 17.2. The Balaban J connectivity index is 0.00000441. The van der Waals surface area contributed by atoms with Crippen LogP contribution in [0.4, 0.5) is 0 Å². The van der Waals surface area contributed by atoms with Crippen LogP contribution < -0.4 is 11.1 Å². The Bertz CT molecular complexity index is 301. The van der Waals surface area contributed by atoms with E-state index in [1.165, 1.54) is 32.7 Å². The average Bonchev–Trinajstić information content (AvgIpc) is 2.45. The second-order valence-corrected chi connectivity index (χ2v) is 6.68. The van der Waals surface area contributed by atoms with Crippen LogP contribution in [-0.2, 0) is 0 Å². The Morgan fingerprint density at radius 2 is 1.73 bits per heavy atom. The minimum atomic E-state index is 0. The summed E-state index contributed by atoms with van der Waals surface area (Å²) in [6.45, 7) is 17.7. The van der Waals surface area contributed by atoms with Gasteiger partial charge in [0.25, 0.3) is 0 Å². The largest absolute Gasteiger partial charge is 0.370 e. The number of halogens is 1. The molecule has 1 fully saturated rings. The third-order valence-corrected chi connectivity index (χ3v) is 4.08. The van der Waals surface area contributed by atoms with Gasteiger partial charge in [-0.05, 0) is 24.8 Å². The van der Waals surface area contributed by atoms with Gasteiger partial charge in [-0.2, -0.15) is 0 Å². The van der Waals surface area contributed by atoms with Gasteiger partial charge >= 0.3 is 0 Å². The molecule has 1 heterocycles. The second kappa shape index (κ2) is 12.4. The van der Waals surface area contributed by atoms with Crippen molar-refractivity contribution in [3.8, 4) is 0 Å². The van der Waals surface area contributed by atoms with Crippen LogP contribution in [-0.4, -0.2) is 68.1 Å². The number of rotatable bonds is 8. The van der Waals surface area contributed by atoms with Gasteiger partial charge < -0.3 is 20.9 Å². The maximum absolute atomic E-state index is 5.90. The highest BCUT2D eigenvalue weighted by Crippen LogP contribution is 2.06. The molecule has 1 atom stereocenters. The van der Waals surface area contributed by atoms with Gasteiger partial charge in [-0.3, -0.25) is 4.99 Å². The summed E-state index contributed by atoms with van der Waals surface area (Å²) in [5, 5.41) is 3.19. The fourth-order valence-electron chi connectivity index (χ4n) is 2.59. The minimum absolute atomic E-state index is 0. The number of nitrogens with two attached hydrogens (primary N) is 1. The van der Waals surface area contributed by atoms with E-state index >= 15 is 0 Å². The average molecular weight is 425 g/mol. The first-order chi connectivity index (χ1) is 10.0. The van der Waals surface area contributed by atoms with Crippen molar-refractivity contribution in [2.24, 2.45) is 22.6 Å². The van der Waals surface area contributed by atoms with Crippen LogP contribution in [0.1, 0.15) is 34.1 Å². The second-order valence-electron chi connectivity index (χ2n) is 6.68. The predicted octanol–water partition coefficient (Wildman–Crippen LogP) is 1.83. The first-order valence-electron chi connectivity index (χ1n) is 8.49. The molecule has 1 unspecified atom stereocenters. The molecule has 0 aromatic carbocycles. The highest BCUT2D eigenvalue weighted by molar-refractivity contribution is 14.0. The lowest BCUT2D eigenvalue weighted by Crippen LogP contribution is -2.47. The topological polar surface area (TPSA) is 56.9 Å². The molecule has 0 bridgehead atoms. The lowest BCUT2D eigenvalue weighted by Gasteiger charge is -2.35. The fraction of sp³-hybridized carbons (Fsp3) is 0.938. The van der Waals surface area contributed by atoms with Gasteiger partial charge in [-0.1, -0.05) is 27.7 Å². The van der Waals surface area contributed by atoms with Crippen LogP contribution in [0, 0.1) is 11.8 Å². The number of nitrogens with one attached hydrogen (secondary N) is 1. The number of likely N-dealkylation sites (N-methyl/N-ethyl adjacent to an activating group) is 1. The number of aliphatic imine (C=N–C) groups is 1. The fourth-order valence-corrected chi connectivity index (χ4v) is 2.59. The van der Waals surface area contributed by atoms with Crippen molar-refractivity contribution >= 4 is 29.9 Å². The van der Waals surface area contributed by atoms with Gasteiger partial charge in [-0.15, -0.1) is 24.0 Å². The van der Waals surface area contributed by atoms with Crippen LogP contribution in [0.5, 0.6) is 0 Å². The third kappa shape index (κ3) is 9.84. The summed E-state index contributed by atoms with van der Waals surface area (Å²) >= 11 is 0. The Morgan fingerprint density at radius 3 is 2.27 bits per heavy atom. The van der Waals surface area contributed by atoms with Crippen molar-refractivity contribution in [2.75, 3.05) is 52.4 Å². The van der Waals surface area contributed by atoms with Crippen LogP contribution in [0.3, 0.4) is 0 Å². The Morgan fingerprint density at radius 1 is 1.14 bits per heavy atom. The smallest absolute Gasteiger partial charge is 0.188 e. The Labute approximate surface area is 154 Å². The van der Waals surface area contributed by atoms with E-state index in [-0.39, 0.29) is 24.0 Å². The van der Waals surface area contributed by atoms with Crippen molar-refractivity contribution in [2.45, 2.75) is 34.1 Å². The van der Waals surface area contributed by atoms with Gasteiger partial charge in [0.1, 0.15) is 0 Å². The van der Waals surface area contributed by atoms with E-state index in [1.807, 2.05) is 0 Å². The van der Waals surface area contributed by atoms with Crippen molar-refractivity contribution < 1.29 is 0 Å². The van der Waals surface area contributed by atoms with E-state index in [1.54, 1.807) is 0 Å². The van der Waals surface area contributed by atoms with Gasteiger partial charge in [0.15, 0.2) is 5.96 Å². The first kappa shape index (κ1) is 21.9. The quantitative estimate of drug-likeness (QED) is 0.354. The molecule has 1 rings (SSSR count). The highest BCUT2D eigenvalue weighted by Gasteiger charge is 2.17. The van der Waals surface area contributed by atoms with Crippen LogP contribution in [0.25, 0.3) is 0 Å². The molecule has 0 aromatic rings. The summed E-state index contributed by atoms with van der Waals surface area (Å²) in [6.07, 6.45) is 1.13. The molecule has 6 heteroatoms. The SMILES string of the molecule is CCN1CCN(CC(C)CN=C(N)NCCC(C)C)CC1.I. The molecular weight excluding hydrogens is 389 g/mol. The Hall–Kier alpha value is -0.0800. The maximum atomic E-state index is 5.90. The molecule has 0 saturated carbocycles. The lowest BCUT2D eigenvalue weighted by molar-refractivity contribution is 0.125. The summed E-state index contributed by atoms with van der Waals surface area (Å²) in [5.74, 6) is 1.85. The van der Waals surface area contributed by atoms with Crippen molar-refractivity contribution in [3.63, 3.8) is 0 Å². The van der Waals surface area contributed by atoms with Gasteiger partial charge in [0.05, 0.1) is 0 Å². The molecule has 1 aliphatic rings. The summed E-state index contributed by atoms with van der Waals surface area (Å²) < 4.78 is 0. The molecule has 22 heavy (non-hydrogen) atoms. The molecule has 1 aliphatic heterocycles. The molecular formula is C16H36IN5. The number of piperazine rings is 1. The van der Waals surface area contributed by atoms with Crippen molar-refractivity contribution in [1.82, 2.24) is 15.1 Å². The summed E-state index contributed by atoms with van der Waals surface area (Å²) in [5.41, 5.74) is 5.90. The van der Waals surface area contributed by atoms with E-state index in [0.717, 1.165) is 26.1 Å². The van der Waals surface area contributed by atoms with Gasteiger partial charge in [0, 0.05) is 45.8 Å². The number of hydrogen-bond donors (Lipinski definition) is 2. The van der Waals surface area contributed by atoms with Crippen LogP contribution in [0.15, 0.2) is 4.99 Å². The number of nitrogens with zero attached hydrogens (tertiary/aromatic N) is 3. The molecule has 0 amide bonds. The molecule has 3 N–H and O–H groups in total. The van der Waals surface area contributed by atoms with Gasteiger partial charge in [-0.25, -0.2) is 0 Å². The first-order valence-corrected chi connectivity index (χ1v) is 8.49. The molecule has 1 saturated heterocycles. The van der Waals surface area contributed by atoms with Gasteiger partial charge in [0.2, 0.25) is 0 Å². The van der Waals surface area contributed by atoms with E-state index in [4.69, 9.17) is 5.73 Å². The normalized spacial score (nSPS) is 19.0. The predicted molar refractivity (Wildman–Crippen MR) is 107 cm³/mol. The van der Waals surface area contributed by atoms with Crippen LogP contribution >= 0.6 is 24.0 Å². The monoisotopic (exact) mass is 425 g/mol. The molecule has 0 radical (unpaired) electrons. The van der Waals surface area contributed by atoms with Crippen molar-refractivity contribution in [1.29, 1.82) is 0 Å².